The van der Waals surface area contributed by atoms with E-state index < -0.39 is 0 Å². The van der Waals surface area contributed by atoms with Crippen LogP contribution >= 0.6 is 0 Å². The maximum atomic E-state index is 12.1. The number of ether oxygens (including phenoxy) is 1. The number of esters is 1. The Bertz CT molecular complexity index is 352. The molecule has 0 aromatic rings. The molecule has 1 aliphatic heterocycles. The second-order valence-electron chi connectivity index (χ2n) is 4.58. The van der Waals surface area contributed by atoms with Crippen LogP contribution in [0.15, 0.2) is 5.10 Å². The Labute approximate surface area is 108 Å². The second kappa shape index (κ2) is 6.52. The van der Waals surface area contributed by atoms with E-state index in [0.29, 0.717) is 13.0 Å². The Balaban J connectivity index is 2.56. The minimum atomic E-state index is -0.261. The van der Waals surface area contributed by atoms with Crippen molar-refractivity contribution in [3.05, 3.63) is 0 Å². The van der Waals surface area contributed by atoms with Gasteiger partial charge in [0.15, 0.2) is 0 Å². The number of hydrazone groups is 1. The van der Waals surface area contributed by atoms with Crippen molar-refractivity contribution in [1.29, 1.82) is 0 Å². The second-order valence-corrected chi connectivity index (χ2v) is 4.58. The lowest BCUT2D eigenvalue weighted by molar-refractivity contribution is -0.143. The van der Waals surface area contributed by atoms with Crippen molar-refractivity contribution in [1.82, 2.24) is 5.01 Å². The van der Waals surface area contributed by atoms with E-state index in [1.165, 1.54) is 0 Å². The predicted molar refractivity (Wildman–Crippen MR) is 69.1 cm³/mol. The van der Waals surface area contributed by atoms with Crippen molar-refractivity contribution in [2.24, 2.45) is 11.0 Å². The largest absolute Gasteiger partial charge is 0.466 e. The molecule has 1 aliphatic rings. The van der Waals surface area contributed by atoms with Gasteiger partial charge in [-0.1, -0.05) is 6.92 Å². The quantitative estimate of drug-likeness (QED) is 0.681. The molecule has 0 aliphatic carbocycles. The summed E-state index contributed by atoms with van der Waals surface area (Å²) >= 11 is 0. The lowest BCUT2D eigenvalue weighted by Gasteiger charge is -2.20. The van der Waals surface area contributed by atoms with E-state index in [1.807, 2.05) is 20.8 Å². The van der Waals surface area contributed by atoms with E-state index in [-0.39, 0.29) is 30.3 Å². The average Bonchev–Trinajstić information content (AvgIpc) is 2.62. The van der Waals surface area contributed by atoms with Gasteiger partial charge < -0.3 is 4.74 Å². The lowest BCUT2D eigenvalue weighted by Crippen LogP contribution is -2.34. The van der Waals surface area contributed by atoms with Gasteiger partial charge in [-0.3, -0.25) is 9.59 Å². The molecule has 1 rings (SSSR count). The summed E-state index contributed by atoms with van der Waals surface area (Å²) in [4.78, 5) is 23.4. The summed E-state index contributed by atoms with van der Waals surface area (Å²) in [5, 5.41) is 5.84. The van der Waals surface area contributed by atoms with Crippen LogP contribution in [0.3, 0.4) is 0 Å². The van der Waals surface area contributed by atoms with Gasteiger partial charge in [-0.25, -0.2) is 5.01 Å². The Hall–Kier alpha value is -1.39. The highest BCUT2D eigenvalue weighted by atomic mass is 16.5. The first kappa shape index (κ1) is 14.7. The standard InChI is InChI=1S/C13H22N2O3/c1-5-9(3)15-13(17)11(10(4)14-15)7-8-12(16)18-6-2/h9,11H,5-8H2,1-4H3. The van der Waals surface area contributed by atoms with Crippen molar-refractivity contribution in [2.75, 3.05) is 6.61 Å². The summed E-state index contributed by atoms with van der Waals surface area (Å²) in [6.07, 6.45) is 1.62. The number of hydrogen-bond acceptors (Lipinski definition) is 4. The van der Waals surface area contributed by atoms with Crippen molar-refractivity contribution in [3.8, 4) is 0 Å². The summed E-state index contributed by atoms with van der Waals surface area (Å²) < 4.78 is 4.86. The molecule has 0 aromatic heterocycles. The van der Waals surface area contributed by atoms with Crippen LogP contribution in [-0.4, -0.2) is 35.2 Å². The molecule has 0 spiro atoms. The number of amides is 1. The van der Waals surface area contributed by atoms with E-state index in [0.717, 1.165) is 12.1 Å². The third-order valence-corrected chi connectivity index (χ3v) is 3.24. The Morgan fingerprint density at radius 3 is 2.72 bits per heavy atom. The molecule has 0 fully saturated rings. The molecule has 18 heavy (non-hydrogen) atoms. The van der Waals surface area contributed by atoms with E-state index in [9.17, 15) is 9.59 Å². The van der Waals surface area contributed by atoms with Crippen LogP contribution < -0.4 is 0 Å². The summed E-state index contributed by atoms with van der Waals surface area (Å²) in [5.74, 6) is -0.505. The molecule has 5 nitrogen and oxygen atoms in total. The van der Waals surface area contributed by atoms with Crippen LogP contribution in [0.2, 0.25) is 0 Å². The van der Waals surface area contributed by atoms with Crippen LogP contribution in [0.5, 0.6) is 0 Å². The lowest BCUT2D eigenvalue weighted by atomic mass is 9.98. The fourth-order valence-corrected chi connectivity index (χ4v) is 1.94. The van der Waals surface area contributed by atoms with E-state index in [4.69, 9.17) is 4.74 Å². The maximum Gasteiger partial charge on any atom is 0.305 e. The van der Waals surface area contributed by atoms with E-state index in [1.54, 1.807) is 11.9 Å². The molecule has 0 saturated carbocycles. The topological polar surface area (TPSA) is 59.0 Å². The van der Waals surface area contributed by atoms with Crippen LogP contribution in [0.25, 0.3) is 0 Å². The number of carbonyl (C=O) groups is 2. The normalized spacial score (nSPS) is 20.9. The zero-order chi connectivity index (χ0) is 13.7. The van der Waals surface area contributed by atoms with Crippen molar-refractivity contribution in [2.45, 2.75) is 53.0 Å². The summed E-state index contributed by atoms with van der Waals surface area (Å²) in [6, 6.07) is 0.111. The smallest absolute Gasteiger partial charge is 0.305 e. The maximum absolute atomic E-state index is 12.1. The molecular formula is C13H22N2O3. The Morgan fingerprint density at radius 1 is 1.50 bits per heavy atom. The molecular weight excluding hydrogens is 232 g/mol. The first-order valence-electron chi connectivity index (χ1n) is 6.55. The first-order valence-corrected chi connectivity index (χ1v) is 6.55. The highest BCUT2D eigenvalue weighted by molar-refractivity contribution is 6.07. The van der Waals surface area contributed by atoms with Crippen LogP contribution in [0.1, 0.15) is 47.0 Å². The zero-order valence-electron chi connectivity index (χ0n) is 11.6. The minimum absolute atomic E-state index is 0.00569. The van der Waals surface area contributed by atoms with E-state index >= 15 is 0 Å². The van der Waals surface area contributed by atoms with Gasteiger partial charge >= 0.3 is 5.97 Å². The van der Waals surface area contributed by atoms with Crippen LogP contribution in [0, 0.1) is 5.92 Å². The third kappa shape index (κ3) is 3.31. The number of carbonyl (C=O) groups excluding carboxylic acids is 2. The van der Waals surface area contributed by atoms with Gasteiger partial charge in [0, 0.05) is 12.1 Å². The van der Waals surface area contributed by atoms with Gasteiger partial charge in [-0.2, -0.15) is 5.10 Å². The zero-order valence-corrected chi connectivity index (χ0v) is 11.6. The molecule has 5 heteroatoms. The van der Waals surface area contributed by atoms with Crippen molar-refractivity contribution >= 4 is 17.6 Å². The molecule has 0 bridgehead atoms. The molecule has 0 N–H and O–H groups in total. The van der Waals surface area contributed by atoms with Gasteiger partial charge in [0.25, 0.3) is 5.91 Å². The SMILES string of the molecule is CCOC(=O)CCC1C(=O)N(C(C)CC)N=C1C. The predicted octanol–water partition coefficient (Wildman–Crippen LogP) is 1.96. The number of rotatable bonds is 6. The molecule has 0 radical (unpaired) electrons. The summed E-state index contributed by atoms with van der Waals surface area (Å²) in [5.41, 5.74) is 0.796. The average molecular weight is 254 g/mol. The van der Waals surface area contributed by atoms with E-state index in [2.05, 4.69) is 5.10 Å². The van der Waals surface area contributed by atoms with Gasteiger partial charge in [0.2, 0.25) is 0 Å². The summed E-state index contributed by atoms with van der Waals surface area (Å²) in [6.45, 7) is 7.99. The van der Waals surface area contributed by atoms with Gasteiger partial charge in [0.05, 0.1) is 18.6 Å². The monoisotopic (exact) mass is 254 g/mol. The number of nitrogens with zero attached hydrogens (tertiary/aromatic N) is 2. The summed E-state index contributed by atoms with van der Waals surface area (Å²) in [7, 11) is 0. The molecule has 102 valence electrons. The molecule has 1 heterocycles. The molecule has 0 saturated heterocycles. The Morgan fingerprint density at radius 2 is 2.17 bits per heavy atom. The minimum Gasteiger partial charge on any atom is -0.466 e. The highest BCUT2D eigenvalue weighted by Crippen LogP contribution is 2.23. The highest BCUT2D eigenvalue weighted by Gasteiger charge is 2.35. The first-order chi connectivity index (χ1) is 8.51. The number of hydrogen-bond donors (Lipinski definition) is 0. The fourth-order valence-electron chi connectivity index (χ4n) is 1.94. The molecule has 2 atom stereocenters. The van der Waals surface area contributed by atoms with Gasteiger partial charge in [0.1, 0.15) is 0 Å². The molecule has 2 unspecified atom stereocenters. The van der Waals surface area contributed by atoms with Gasteiger partial charge in [-0.05, 0) is 33.6 Å². The fraction of sp³-hybridized carbons (Fsp3) is 0.769. The van der Waals surface area contributed by atoms with Crippen molar-refractivity contribution in [3.63, 3.8) is 0 Å². The van der Waals surface area contributed by atoms with Crippen LogP contribution in [0.4, 0.5) is 0 Å². The third-order valence-electron chi connectivity index (χ3n) is 3.24. The van der Waals surface area contributed by atoms with Gasteiger partial charge in [-0.15, -0.1) is 0 Å². The van der Waals surface area contributed by atoms with Crippen molar-refractivity contribution < 1.29 is 14.3 Å². The molecule has 1 amide bonds. The molecule has 0 aromatic carbocycles. The van der Waals surface area contributed by atoms with Crippen LogP contribution in [-0.2, 0) is 14.3 Å². The Kier molecular flexibility index (Phi) is 5.31.